The second-order valence-corrected chi connectivity index (χ2v) is 9.28. The van der Waals surface area contributed by atoms with Crippen LogP contribution in [-0.2, 0) is 0 Å². The number of fused-ring (bicyclic) bond motifs is 5. The first-order valence-corrected chi connectivity index (χ1v) is 12.4. The van der Waals surface area contributed by atoms with Crippen LogP contribution in [0.5, 0.6) is 0 Å². The molecular weight excluding hydrogens is 456 g/mol. The van der Waals surface area contributed by atoms with Crippen LogP contribution < -0.4 is 15.5 Å². The zero-order valence-corrected chi connectivity index (χ0v) is 19.8. The molecule has 1 aliphatic heterocycles. The fraction of sp³-hybridized carbons (Fsp3) is 0.0645. The molecule has 6 nitrogen and oxygen atoms in total. The molecule has 0 unspecified atom stereocenters. The van der Waals surface area contributed by atoms with E-state index < -0.39 is 0 Å². The van der Waals surface area contributed by atoms with Crippen LogP contribution in [-0.4, -0.2) is 24.9 Å². The summed E-state index contributed by atoms with van der Waals surface area (Å²) in [5.74, 6) is 1.40. The summed E-state index contributed by atoms with van der Waals surface area (Å²) in [6.45, 7) is 0. The van der Waals surface area contributed by atoms with Crippen molar-refractivity contribution in [3.63, 3.8) is 0 Å². The van der Waals surface area contributed by atoms with Crippen LogP contribution in [0.1, 0.15) is 12.8 Å². The van der Waals surface area contributed by atoms with E-state index in [1.54, 1.807) is 12.4 Å². The first-order valence-electron chi connectivity index (χ1n) is 12.4. The van der Waals surface area contributed by atoms with Gasteiger partial charge in [0.1, 0.15) is 0 Å². The zero-order chi connectivity index (χ0) is 24.3. The number of aromatic nitrogens is 5. The van der Waals surface area contributed by atoms with Crippen LogP contribution in [0.4, 0.5) is 17.5 Å². The standard InChI is InChI=1S/C31H20N6/c1-4-10-24-20(7-1)21-15-18-33-29-23-9-3-6-12-26(23)37(30(34-24)27(21)29)31-35-25-11-5-2-8-22(25)28(36-31)19-13-16-32-17-14-19/h2-3,5-18H,1,4H2. The molecule has 0 radical (unpaired) electrons. The summed E-state index contributed by atoms with van der Waals surface area (Å²) in [6.07, 6.45) is 12.0. The Kier molecular flexibility index (Phi) is 4.25. The highest BCUT2D eigenvalue weighted by atomic mass is 15.3. The lowest BCUT2D eigenvalue weighted by atomic mass is 9.96. The van der Waals surface area contributed by atoms with E-state index in [0.29, 0.717) is 5.95 Å². The molecule has 0 fully saturated rings. The van der Waals surface area contributed by atoms with Gasteiger partial charge in [0, 0.05) is 40.3 Å². The maximum atomic E-state index is 5.22. The van der Waals surface area contributed by atoms with Gasteiger partial charge in [0.05, 0.1) is 33.3 Å². The van der Waals surface area contributed by atoms with Crippen molar-refractivity contribution in [3.8, 4) is 22.5 Å². The highest BCUT2D eigenvalue weighted by Gasteiger charge is 2.30. The van der Waals surface area contributed by atoms with Crippen LogP contribution in [0.25, 0.3) is 56.3 Å². The molecule has 6 heteroatoms. The Bertz CT molecular complexity index is 2000. The van der Waals surface area contributed by atoms with Crippen LogP contribution in [0.15, 0.2) is 85.3 Å². The molecule has 0 N–H and O–H groups in total. The van der Waals surface area contributed by atoms with E-state index in [1.807, 2.05) is 42.6 Å². The van der Waals surface area contributed by atoms with Crippen molar-refractivity contribution in [3.05, 3.63) is 95.9 Å². The second-order valence-electron chi connectivity index (χ2n) is 9.28. The third-order valence-electron chi connectivity index (χ3n) is 7.18. The van der Waals surface area contributed by atoms with Gasteiger partial charge in [-0.3, -0.25) is 14.9 Å². The van der Waals surface area contributed by atoms with Crippen LogP contribution in [0.2, 0.25) is 0 Å². The molecule has 37 heavy (non-hydrogen) atoms. The van der Waals surface area contributed by atoms with Gasteiger partial charge in [-0.1, -0.05) is 48.6 Å². The van der Waals surface area contributed by atoms with Crippen molar-refractivity contribution in [2.45, 2.75) is 12.8 Å². The molecule has 0 saturated heterocycles. The minimum absolute atomic E-state index is 0.584. The summed E-state index contributed by atoms with van der Waals surface area (Å²) in [5, 5.41) is 5.39. The molecule has 8 rings (SSSR count). The van der Waals surface area contributed by atoms with Gasteiger partial charge < -0.3 is 0 Å². The number of anilines is 3. The number of benzene rings is 2. The van der Waals surface area contributed by atoms with Crippen LogP contribution in [0, 0.1) is 0 Å². The fourth-order valence-corrected chi connectivity index (χ4v) is 5.54. The molecular formula is C31H20N6. The number of para-hydroxylation sites is 2. The van der Waals surface area contributed by atoms with Gasteiger partial charge in [0.2, 0.25) is 5.95 Å². The molecule has 2 aromatic carbocycles. The van der Waals surface area contributed by atoms with Gasteiger partial charge in [-0.15, -0.1) is 0 Å². The Morgan fingerprint density at radius 1 is 0.676 bits per heavy atom. The molecule has 0 amide bonds. The van der Waals surface area contributed by atoms with Gasteiger partial charge in [-0.2, -0.15) is 0 Å². The first-order chi connectivity index (χ1) is 18.4. The fourth-order valence-electron chi connectivity index (χ4n) is 5.54. The Morgan fingerprint density at radius 2 is 1.51 bits per heavy atom. The molecule has 6 aromatic rings. The maximum absolute atomic E-state index is 5.22. The predicted octanol–water partition coefficient (Wildman–Crippen LogP) is 5.44. The van der Waals surface area contributed by atoms with Crippen molar-refractivity contribution in [1.82, 2.24) is 24.9 Å². The highest BCUT2D eigenvalue weighted by Crippen LogP contribution is 2.47. The second kappa shape index (κ2) is 7.77. The average Bonchev–Trinajstić information content (AvgIpc) is 2.97. The van der Waals surface area contributed by atoms with Gasteiger partial charge in [-0.25, -0.2) is 15.0 Å². The van der Waals surface area contributed by atoms with E-state index in [4.69, 9.17) is 19.9 Å². The molecule has 0 spiro atoms. The number of pyridine rings is 3. The summed E-state index contributed by atoms with van der Waals surface area (Å²) in [5.41, 5.74) is 5.70. The Labute approximate surface area is 212 Å². The lowest BCUT2D eigenvalue weighted by Crippen LogP contribution is -2.34. The molecule has 0 bridgehead atoms. The van der Waals surface area contributed by atoms with Gasteiger partial charge in [0.15, 0.2) is 5.82 Å². The third kappa shape index (κ3) is 2.96. The molecule has 174 valence electrons. The van der Waals surface area contributed by atoms with Crippen LogP contribution >= 0.6 is 0 Å². The summed E-state index contributed by atoms with van der Waals surface area (Å²) in [4.78, 5) is 26.6. The lowest BCUT2D eigenvalue weighted by molar-refractivity contribution is 1.04. The van der Waals surface area contributed by atoms with Gasteiger partial charge in [-0.05, 0) is 48.6 Å². The summed E-state index contributed by atoms with van der Waals surface area (Å²) < 4.78 is 0. The van der Waals surface area contributed by atoms with Crippen molar-refractivity contribution < 1.29 is 0 Å². The summed E-state index contributed by atoms with van der Waals surface area (Å²) in [6, 6.07) is 22.5. The van der Waals surface area contributed by atoms with Crippen molar-refractivity contribution in [1.29, 1.82) is 0 Å². The van der Waals surface area contributed by atoms with Crippen molar-refractivity contribution >= 4 is 51.3 Å². The zero-order valence-electron chi connectivity index (χ0n) is 19.8. The largest absolute Gasteiger partial charge is 0.265 e. The van der Waals surface area contributed by atoms with E-state index >= 15 is 0 Å². The van der Waals surface area contributed by atoms with E-state index in [1.165, 1.54) is 5.22 Å². The highest BCUT2D eigenvalue weighted by molar-refractivity contribution is 6.11. The maximum Gasteiger partial charge on any atom is 0.237 e. The SMILES string of the molecule is C1=c2nc3c4c(nccc4c2=CCC1)-c1ccccc1N3c1nc(-c2ccncc2)c2ccccc2n1. The Hall–Kier alpha value is -4.97. The number of hydrogen-bond donors (Lipinski definition) is 0. The first kappa shape index (κ1) is 20.2. The summed E-state index contributed by atoms with van der Waals surface area (Å²) >= 11 is 0. The van der Waals surface area contributed by atoms with Crippen molar-refractivity contribution in [2.24, 2.45) is 0 Å². The Balaban J connectivity index is 1.51. The van der Waals surface area contributed by atoms with E-state index in [2.05, 4.69) is 52.4 Å². The molecule has 2 aliphatic rings. The number of nitrogens with zero attached hydrogens (tertiary/aromatic N) is 6. The van der Waals surface area contributed by atoms with E-state index in [-0.39, 0.29) is 0 Å². The monoisotopic (exact) mass is 476 g/mol. The smallest absolute Gasteiger partial charge is 0.237 e. The van der Waals surface area contributed by atoms with Gasteiger partial charge >= 0.3 is 0 Å². The van der Waals surface area contributed by atoms with Crippen molar-refractivity contribution in [2.75, 3.05) is 4.90 Å². The average molecular weight is 477 g/mol. The quantitative estimate of drug-likeness (QED) is 0.331. The normalized spacial score (nSPS) is 13.6. The van der Waals surface area contributed by atoms with E-state index in [0.717, 1.165) is 73.9 Å². The summed E-state index contributed by atoms with van der Waals surface area (Å²) in [7, 11) is 0. The van der Waals surface area contributed by atoms with Gasteiger partial charge in [0.25, 0.3) is 0 Å². The lowest BCUT2D eigenvalue weighted by Gasteiger charge is -2.30. The van der Waals surface area contributed by atoms with E-state index in [9.17, 15) is 0 Å². The number of rotatable bonds is 2. The molecule has 0 atom stereocenters. The molecule has 1 aliphatic carbocycles. The number of hydrogen-bond acceptors (Lipinski definition) is 6. The topological polar surface area (TPSA) is 67.7 Å². The molecule has 5 heterocycles. The Morgan fingerprint density at radius 3 is 2.46 bits per heavy atom. The third-order valence-corrected chi connectivity index (χ3v) is 7.18. The van der Waals surface area contributed by atoms with Crippen LogP contribution in [0.3, 0.4) is 0 Å². The minimum Gasteiger partial charge on any atom is -0.265 e. The molecule has 0 saturated carbocycles. The predicted molar refractivity (Wildman–Crippen MR) is 147 cm³/mol. The minimum atomic E-state index is 0.584. The molecule has 4 aromatic heterocycles.